The first-order valence-electron chi connectivity index (χ1n) is 11.9. The molecule has 9 heteroatoms. The van der Waals surface area contributed by atoms with Crippen LogP contribution in [0.15, 0.2) is 70.7 Å². The molecule has 2 heterocycles. The van der Waals surface area contributed by atoms with E-state index in [2.05, 4.69) is 10.2 Å². The van der Waals surface area contributed by atoms with E-state index in [1.165, 1.54) is 0 Å². The van der Waals surface area contributed by atoms with Crippen LogP contribution < -0.4 is 0 Å². The largest absolute Gasteiger partial charge is 0.339 e. The van der Waals surface area contributed by atoms with Gasteiger partial charge in [-0.3, -0.25) is 14.2 Å². The Hall–Kier alpha value is -2.78. The normalized spacial score (nSPS) is 15.9. The van der Waals surface area contributed by atoms with E-state index in [4.69, 9.17) is 0 Å². The van der Waals surface area contributed by atoms with Crippen molar-refractivity contribution in [2.75, 3.05) is 31.1 Å². The van der Waals surface area contributed by atoms with Crippen LogP contribution in [0.1, 0.15) is 25.6 Å². The molecular formula is C26H31N5O2S2. The summed E-state index contributed by atoms with van der Waals surface area (Å²) in [4.78, 5) is 30.4. The predicted octanol–water partition coefficient (Wildman–Crippen LogP) is 4.30. The van der Waals surface area contributed by atoms with Crippen molar-refractivity contribution in [2.24, 2.45) is 0 Å². The number of para-hydroxylation sites is 1. The number of amides is 2. The van der Waals surface area contributed by atoms with E-state index >= 15 is 0 Å². The number of aromatic nitrogens is 3. The molecule has 0 bridgehead atoms. The van der Waals surface area contributed by atoms with Gasteiger partial charge in [0.05, 0.1) is 5.75 Å². The molecule has 0 aliphatic carbocycles. The van der Waals surface area contributed by atoms with E-state index in [1.807, 2.05) is 88.9 Å². The Balaban J connectivity index is 1.20. The van der Waals surface area contributed by atoms with Gasteiger partial charge in [0.1, 0.15) is 5.82 Å². The van der Waals surface area contributed by atoms with Crippen molar-refractivity contribution in [3.63, 3.8) is 0 Å². The highest BCUT2D eigenvalue weighted by Crippen LogP contribution is 2.23. The molecule has 4 rings (SSSR count). The molecule has 184 valence electrons. The van der Waals surface area contributed by atoms with Crippen LogP contribution >= 0.6 is 23.5 Å². The van der Waals surface area contributed by atoms with Crippen LogP contribution in [0.3, 0.4) is 0 Å². The minimum Gasteiger partial charge on any atom is -0.339 e. The summed E-state index contributed by atoms with van der Waals surface area (Å²) in [7, 11) is 0. The van der Waals surface area contributed by atoms with Gasteiger partial charge in [0.15, 0.2) is 5.16 Å². The molecule has 7 nitrogen and oxygen atoms in total. The van der Waals surface area contributed by atoms with E-state index in [0.29, 0.717) is 31.8 Å². The van der Waals surface area contributed by atoms with Gasteiger partial charge in [-0.2, -0.15) is 0 Å². The number of piperazine rings is 1. The number of thioether (sulfide) groups is 2. The summed E-state index contributed by atoms with van der Waals surface area (Å²) in [6.45, 7) is 5.75. The Morgan fingerprint density at radius 2 is 1.66 bits per heavy atom. The van der Waals surface area contributed by atoms with Gasteiger partial charge >= 0.3 is 0 Å². The maximum atomic E-state index is 12.8. The fourth-order valence-corrected chi connectivity index (χ4v) is 5.90. The number of hydrogen-bond donors (Lipinski definition) is 0. The van der Waals surface area contributed by atoms with Crippen molar-refractivity contribution in [3.05, 3.63) is 66.5 Å². The van der Waals surface area contributed by atoms with Gasteiger partial charge in [0, 0.05) is 48.4 Å². The van der Waals surface area contributed by atoms with Gasteiger partial charge in [-0.1, -0.05) is 48.2 Å². The molecule has 1 aromatic heterocycles. The number of rotatable bonds is 9. The Bertz CT molecular complexity index is 1120. The van der Waals surface area contributed by atoms with E-state index in [-0.39, 0.29) is 17.9 Å². The first-order valence-corrected chi connectivity index (χ1v) is 13.9. The van der Waals surface area contributed by atoms with Gasteiger partial charge in [-0.05, 0) is 44.5 Å². The molecule has 2 amide bonds. The molecule has 0 saturated carbocycles. The summed E-state index contributed by atoms with van der Waals surface area (Å²) in [5, 5.41) is 9.38. The lowest BCUT2D eigenvalue weighted by atomic mass is 10.1. The first-order chi connectivity index (χ1) is 17.0. The smallest absolute Gasteiger partial charge is 0.233 e. The van der Waals surface area contributed by atoms with Crippen molar-refractivity contribution >= 4 is 35.3 Å². The summed E-state index contributed by atoms with van der Waals surface area (Å²) >= 11 is 3.18. The first kappa shape index (κ1) is 25.3. The number of nitrogens with zero attached hydrogens (tertiary/aromatic N) is 5. The second-order valence-electron chi connectivity index (χ2n) is 8.53. The molecule has 35 heavy (non-hydrogen) atoms. The van der Waals surface area contributed by atoms with Gasteiger partial charge in [0.25, 0.3) is 0 Å². The van der Waals surface area contributed by atoms with Gasteiger partial charge in [0.2, 0.25) is 11.8 Å². The van der Waals surface area contributed by atoms with Crippen LogP contribution in [0.25, 0.3) is 5.69 Å². The molecule has 1 atom stereocenters. The molecule has 0 radical (unpaired) electrons. The summed E-state index contributed by atoms with van der Waals surface area (Å²) in [5.74, 6) is 2.35. The average molecular weight is 510 g/mol. The Labute approximate surface area is 215 Å². The fraction of sp³-hybridized carbons (Fsp3) is 0.385. The number of benzene rings is 2. The number of aryl methyl sites for hydroxylation is 1. The molecule has 2 aromatic carbocycles. The molecule has 1 aliphatic heterocycles. The zero-order chi connectivity index (χ0) is 24.6. The number of hydrogen-bond acceptors (Lipinski definition) is 6. The van der Waals surface area contributed by atoms with Gasteiger partial charge in [-0.15, -0.1) is 22.0 Å². The molecule has 1 saturated heterocycles. The molecule has 0 N–H and O–H groups in total. The van der Waals surface area contributed by atoms with E-state index in [1.54, 1.807) is 23.5 Å². The maximum Gasteiger partial charge on any atom is 0.233 e. The minimum absolute atomic E-state index is 0.0262. The van der Waals surface area contributed by atoms with E-state index < -0.39 is 0 Å². The highest BCUT2D eigenvalue weighted by molar-refractivity contribution is 8.00. The monoisotopic (exact) mass is 509 g/mol. The molecule has 1 unspecified atom stereocenters. The van der Waals surface area contributed by atoms with Crippen molar-refractivity contribution in [1.82, 2.24) is 24.6 Å². The number of carbonyl (C=O) groups is 2. The molecule has 0 spiro atoms. The van der Waals surface area contributed by atoms with Gasteiger partial charge < -0.3 is 9.80 Å². The maximum absolute atomic E-state index is 12.8. The quantitative estimate of drug-likeness (QED) is 0.316. The number of carbonyl (C=O) groups excluding carboxylic acids is 2. The summed E-state index contributed by atoms with van der Waals surface area (Å²) in [6, 6.07) is 20.1. The van der Waals surface area contributed by atoms with Crippen molar-refractivity contribution < 1.29 is 9.59 Å². The Morgan fingerprint density at radius 1 is 0.943 bits per heavy atom. The molecular weight excluding hydrogens is 478 g/mol. The third kappa shape index (κ3) is 6.67. The third-order valence-electron chi connectivity index (χ3n) is 5.98. The summed E-state index contributed by atoms with van der Waals surface area (Å²) in [6.07, 6.45) is 1.27. The van der Waals surface area contributed by atoms with Crippen LogP contribution in [0.5, 0.6) is 0 Å². The highest BCUT2D eigenvalue weighted by atomic mass is 32.2. The molecule has 1 aliphatic rings. The van der Waals surface area contributed by atoms with Crippen molar-refractivity contribution in [3.8, 4) is 5.69 Å². The van der Waals surface area contributed by atoms with Crippen molar-refractivity contribution in [1.29, 1.82) is 0 Å². The second kappa shape index (κ2) is 12.3. The Kier molecular flexibility index (Phi) is 8.87. The van der Waals surface area contributed by atoms with Crippen LogP contribution in [-0.4, -0.2) is 73.6 Å². The lowest BCUT2D eigenvalue weighted by Gasteiger charge is -2.40. The average Bonchev–Trinajstić information content (AvgIpc) is 3.26. The summed E-state index contributed by atoms with van der Waals surface area (Å²) in [5.41, 5.74) is 1.04. The molecule has 3 aromatic rings. The lowest BCUT2D eigenvalue weighted by Crippen LogP contribution is -2.55. The Morgan fingerprint density at radius 3 is 2.37 bits per heavy atom. The standard InChI is InChI=1S/C26H31N5O2S2/c1-20-18-29(15-16-30(20)25(33)19-35-23-12-7-4-8-13-23)24(32)14-9-17-34-26-28-27-21(2)31(26)22-10-5-3-6-11-22/h3-8,10-13,20H,9,14-19H2,1-2H3. The van der Waals surface area contributed by atoms with E-state index in [0.717, 1.165) is 33.7 Å². The SMILES string of the molecule is Cc1nnc(SCCCC(=O)N2CCN(C(=O)CSc3ccccc3)C(C)C2)n1-c1ccccc1. The van der Waals surface area contributed by atoms with E-state index in [9.17, 15) is 9.59 Å². The molecule has 1 fully saturated rings. The van der Waals surface area contributed by atoms with Crippen molar-refractivity contribution in [2.45, 2.75) is 42.8 Å². The fourth-order valence-electron chi connectivity index (χ4n) is 4.16. The van der Waals surface area contributed by atoms with Gasteiger partial charge in [-0.25, -0.2) is 0 Å². The zero-order valence-corrected chi connectivity index (χ0v) is 21.8. The zero-order valence-electron chi connectivity index (χ0n) is 20.2. The third-order valence-corrected chi connectivity index (χ3v) is 7.99. The van der Waals surface area contributed by atoms with Crippen LogP contribution in [0.4, 0.5) is 0 Å². The minimum atomic E-state index is 0.0262. The van der Waals surface area contributed by atoms with Crippen LogP contribution in [-0.2, 0) is 9.59 Å². The topological polar surface area (TPSA) is 71.3 Å². The second-order valence-corrected chi connectivity index (χ2v) is 10.6. The predicted molar refractivity (Wildman–Crippen MR) is 141 cm³/mol. The summed E-state index contributed by atoms with van der Waals surface area (Å²) < 4.78 is 2.04. The van der Waals surface area contributed by atoms with Crippen LogP contribution in [0, 0.1) is 6.92 Å². The highest BCUT2D eigenvalue weighted by Gasteiger charge is 2.29. The van der Waals surface area contributed by atoms with Crippen LogP contribution in [0.2, 0.25) is 0 Å². The lowest BCUT2D eigenvalue weighted by molar-refractivity contribution is -0.140.